The molecule has 0 atom stereocenters. The quantitative estimate of drug-likeness (QED) is 0.624. The Morgan fingerprint density at radius 3 is 2.44 bits per heavy atom. The highest BCUT2D eigenvalue weighted by molar-refractivity contribution is 6.02. The number of benzene rings is 1. The van der Waals surface area contributed by atoms with Crippen LogP contribution in [0.5, 0.6) is 5.75 Å². The van der Waals surface area contributed by atoms with Crippen LogP contribution in [0.4, 0.5) is 0 Å². The Labute approximate surface area is 94.7 Å². The van der Waals surface area contributed by atoms with Gasteiger partial charge in [-0.15, -0.1) is 0 Å². The third-order valence-electron chi connectivity index (χ3n) is 1.91. The van der Waals surface area contributed by atoms with Gasteiger partial charge in [-0.05, 0) is 30.7 Å². The van der Waals surface area contributed by atoms with Crippen LogP contribution in [-0.4, -0.2) is 18.0 Å². The van der Waals surface area contributed by atoms with Gasteiger partial charge in [-0.2, -0.15) is 0 Å². The maximum Gasteiger partial charge on any atom is 0.181 e. The first-order chi connectivity index (χ1) is 7.61. The Morgan fingerprint density at radius 2 is 1.94 bits per heavy atom. The van der Waals surface area contributed by atoms with Gasteiger partial charge in [0.05, 0.1) is 12.9 Å². The van der Waals surface area contributed by atoms with E-state index in [1.165, 1.54) is 19.1 Å². The van der Waals surface area contributed by atoms with Crippen LogP contribution >= 0.6 is 0 Å². The summed E-state index contributed by atoms with van der Waals surface area (Å²) in [6.45, 7) is 1.46. The monoisotopic (exact) mass is 218 g/mol. The molecule has 0 fully saturated rings. The molecule has 84 valence electrons. The van der Waals surface area contributed by atoms with Gasteiger partial charge in [-0.3, -0.25) is 4.79 Å². The largest absolute Gasteiger partial charge is 0.512 e. The van der Waals surface area contributed by atoms with E-state index in [1.54, 1.807) is 13.2 Å². The molecule has 0 unspecified atom stereocenters. The average Bonchev–Trinajstić information content (AvgIpc) is 2.26. The van der Waals surface area contributed by atoms with E-state index in [4.69, 9.17) is 9.84 Å². The van der Waals surface area contributed by atoms with Crippen molar-refractivity contribution in [2.24, 2.45) is 0 Å². The molecule has 1 aromatic carbocycles. The Balaban J connectivity index is 2.69. The normalized spacial score (nSPS) is 11.8. The minimum absolute atomic E-state index is 0.00406. The van der Waals surface area contributed by atoms with Gasteiger partial charge in [0, 0.05) is 6.08 Å². The maximum atomic E-state index is 11.2. The lowest BCUT2D eigenvalue weighted by Crippen LogP contribution is -1.87. The molecule has 0 aliphatic carbocycles. The molecule has 1 N–H and O–H groups in total. The zero-order valence-corrected chi connectivity index (χ0v) is 9.31. The van der Waals surface area contributed by atoms with E-state index in [1.807, 2.05) is 24.3 Å². The van der Waals surface area contributed by atoms with Gasteiger partial charge in [-0.1, -0.05) is 18.2 Å². The topological polar surface area (TPSA) is 46.5 Å². The second kappa shape index (κ2) is 5.75. The fraction of sp³-hybridized carbons (Fsp3) is 0.154. The van der Waals surface area contributed by atoms with Crippen molar-refractivity contribution in [1.82, 2.24) is 0 Å². The molecule has 0 saturated heterocycles. The number of ketones is 1. The van der Waals surface area contributed by atoms with Gasteiger partial charge >= 0.3 is 0 Å². The first kappa shape index (κ1) is 12.0. The number of hydrogen-bond donors (Lipinski definition) is 1. The lowest BCUT2D eigenvalue weighted by molar-refractivity contribution is -0.110. The van der Waals surface area contributed by atoms with Crippen LogP contribution in [0, 0.1) is 0 Å². The van der Waals surface area contributed by atoms with E-state index in [2.05, 4.69) is 0 Å². The van der Waals surface area contributed by atoms with E-state index in [0.29, 0.717) is 0 Å². The summed E-state index contributed by atoms with van der Waals surface area (Å²) in [6.07, 6.45) is 4.25. The zero-order valence-electron chi connectivity index (χ0n) is 9.31. The smallest absolute Gasteiger partial charge is 0.181 e. The highest BCUT2D eigenvalue weighted by Gasteiger charge is 1.93. The summed E-state index contributed by atoms with van der Waals surface area (Å²) in [5, 5.41) is 8.88. The third kappa shape index (κ3) is 4.00. The first-order valence-corrected chi connectivity index (χ1v) is 4.85. The van der Waals surface area contributed by atoms with Crippen LogP contribution in [0.15, 0.2) is 42.2 Å². The lowest BCUT2D eigenvalue weighted by atomic mass is 10.2. The molecule has 0 aliphatic heterocycles. The van der Waals surface area contributed by atoms with Crippen LogP contribution in [-0.2, 0) is 4.79 Å². The van der Waals surface area contributed by atoms with Crippen molar-refractivity contribution >= 4 is 11.9 Å². The molecule has 1 aromatic rings. The van der Waals surface area contributed by atoms with Gasteiger partial charge in [0.2, 0.25) is 0 Å². The fourth-order valence-corrected chi connectivity index (χ4v) is 1.15. The van der Waals surface area contributed by atoms with Crippen LogP contribution in [0.3, 0.4) is 0 Å². The molecule has 0 amide bonds. The van der Waals surface area contributed by atoms with E-state index < -0.39 is 0 Å². The molecular weight excluding hydrogens is 204 g/mol. The van der Waals surface area contributed by atoms with Gasteiger partial charge in [-0.25, -0.2) is 0 Å². The Kier molecular flexibility index (Phi) is 4.33. The predicted molar refractivity (Wildman–Crippen MR) is 63.4 cm³/mol. The van der Waals surface area contributed by atoms with Gasteiger partial charge < -0.3 is 9.84 Å². The van der Waals surface area contributed by atoms with E-state index in [9.17, 15) is 4.79 Å². The fourth-order valence-electron chi connectivity index (χ4n) is 1.15. The van der Waals surface area contributed by atoms with E-state index in [0.717, 1.165) is 11.3 Å². The second-order valence-corrected chi connectivity index (χ2v) is 3.29. The number of methoxy groups -OCH3 is 1. The molecule has 0 heterocycles. The molecular formula is C13H14O3. The van der Waals surface area contributed by atoms with Gasteiger partial charge in [0.15, 0.2) is 5.78 Å². The van der Waals surface area contributed by atoms with E-state index in [-0.39, 0.29) is 11.5 Å². The van der Waals surface area contributed by atoms with E-state index >= 15 is 0 Å². The summed E-state index contributed by atoms with van der Waals surface area (Å²) in [6, 6.07) is 7.32. The summed E-state index contributed by atoms with van der Waals surface area (Å²) >= 11 is 0. The molecule has 0 saturated carbocycles. The highest BCUT2D eigenvalue weighted by atomic mass is 16.5. The number of hydrogen-bond acceptors (Lipinski definition) is 3. The van der Waals surface area contributed by atoms with Gasteiger partial charge in [0.25, 0.3) is 0 Å². The minimum Gasteiger partial charge on any atom is -0.512 e. The second-order valence-electron chi connectivity index (χ2n) is 3.29. The molecule has 3 nitrogen and oxygen atoms in total. The molecule has 0 bridgehead atoms. The van der Waals surface area contributed by atoms with Crippen LogP contribution in [0.25, 0.3) is 6.08 Å². The number of ether oxygens (including phenoxy) is 1. The van der Waals surface area contributed by atoms with Crippen LogP contribution in [0.1, 0.15) is 12.5 Å². The average molecular weight is 218 g/mol. The Morgan fingerprint density at radius 1 is 1.31 bits per heavy atom. The lowest BCUT2D eigenvalue weighted by Gasteiger charge is -1.98. The van der Waals surface area contributed by atoms with Crippen molar-refractivity contribution < 1.29 is 14.6 Å². The van der Waals surface area contributed by atoms with Crippen molar-refractivity contribution in [3.8, 4) is 5.75 Å². The molecule has 3 heteroatoms. The number of aliphatic hydroxyl groups excluding tert-OH is 1. The Hall–Kier alpha value is -2.03. The number of allylic oxidation sites excluding steroid dienone is 3. The standard InChI is InChI=1S/C13H14O3/c1-10(14)9-12(15)6-3-11-4-7-13(16-2)8-5-11/h3-9,14H,1-2H3. The molecule has 0 aromatic heterocycles. The zero-order chi connectivity index (χ0) is 12.0. The summed E-state index contributed by atoms with van der Waals surface area (Å²) in [7, 11) is 1.60. The highest BCUT2D eigenvalue weighted by Crippen LogP contribution is 2.12. The minimum atomic E-state index is -0.240. The van der Waals surface area contributed by atoms with Crippen LogP contribution < -0.4 is 4.74 Å². The number of aliphatic hydroxyl groups is 1. The summed E-state index contributed by atoms with van der Waals surface area (Å²) < 4.78 is 5.01. The maximum absolute atomic E-state index is 11.2. The third-order valence-corrected chi connectivity index (χ3v) is 1.91. The summed E-state index contributed by atoms with van der Waals surface area (Å²) in [5.74, 6) is 0.537. The predicted octanol–water partition coefficient (Wildman–Crippen LogP) is 2.74. The molecule has 0 aliphatic rings. The van der Waals surface area contributed by atoms with Gasteiger partial charge in [0.1, 0.15) is 5.75 Å². The number of carbonyl (C=O) groups excluding carboxylic acids is 1. The van der Waals surface area contributed by atoms with Crippen molar-refractivity contribution in [1.29, 1.82) is 0 Å². The Bertz CT molecular complexity index is 409. The van der Waals surface area contributed by atoms with Crippen molar-refractivity contribution in [2.75, 3.05) is 7.11 Å². The van der Waals surface area contributed by atoms with Crippen molar-refractivity contribution in [3.63, 3.8) is 0 Å². The summed E-state index contributed by atoms with van der Waals surface area (Å²) in [5.41, 5.74) is 0.901. The summed E-state index contributed by atoms with van der Waals surface area (Å²) in [4.78, 5) is 11.2. The number of carbonyl (C=O) groups is 1. The SMILES string of the molecule is COc1ccc(C=CC(=O)C=C(C)O)cc1. The van der Waals surface area contributed by atoms with Crippen molar-refractivity contribution in [2.45, 2.75) is 6.92 Å². The molecule has 16 heavy (non-hydrogen) atoms. The molecule has 0 spiro atoms. The van der Waals surface area contributed by atoms with Crippen molar-refractivity contribution in [3.05, 3.63) is 47.7 Å². The number of rotatable bonds is 4. The molecule has 1 rings (SSSR count). The van der Waals surface area contributed by atoms with Crippen LogP contribution in [0.2, 0.25) is 0 Å². The first-order valence-electron chi connectivity index (χ1n) is 4.85. The molecule has 0 radical (unpaired) electrons.